The van der Waals surface area contributed by atoms with Crippen molar-refractivity contribution >= 4 is 39.1 Å². The highest BCUT2D eigenvalue weighted by Crippen LogP contribution is 2.35. The van der Waals surface area contributed by atoms with Crippen LogP contribution in [-0.2, 0) is 21.2 Å². The number of methoxy groups -OCH3 is 1. The molecule has 2 aromatic carbocycles. The topological polar surface area (TPSA) is 75.7 Å². The van der Waals surface area contributed by atoms with E-state index in [1.807, 2.05) is 48.5 Å². The summed E-state index contributed by atoms with van der Waals surface area (Å²) in [6, 6.07) is 15.0. The average Bonchev–Trinajstić information content (AvgIpc) is 3.30. The summed E-state index contributed by atoms with van der Waals surface area (Å²) in [4.78, 5) is 16.5. The number of sulfone groups is 1. The highest BCUT2D eigenvalue weighted by Gasteiger charge is 2.39. The number of hydrogen-bond acceptors (Lipinski definition) is 6. The molecule has 2 aliphatic heterocycles. The molecule has 0 aromatic heterocycles. The fourth-order valence-corrected chi connectivity index (χ4v) is 7.43. The molecule has 0 saturated carbocycles. The quantitative estimate of drug-likeness (QED) is 0.636. The van der Waals surface area contributed by atoms with Crippen LogP contribution in [0.5, 0.6) is 5.75 Å². The first kappa shape index (κ1) is 23.4. The van der Waals surface area contributed by atoms with Crippen molar-refractivity contribution in [1.29, 1.82) is 0 Å². The van der Waals surface area contributed by atoms with E-state index >= 15 is 0 Å². The van der Waals surface area contributed by atoms with E-state index in [0.29, 0.717) is 24.4 Å². The van der Waals surface area contributed by atoms with Crippen LogP contribution in [0.1, 0.15) is 18.4 Å². The van der Waals surface area contributed by atoms with Gasteiger partial charge in [-0.3, -0.25) is 9.69 Å². The number of amides is 1. The van der Waals surface area contributed by atoms with E-state index in [4.69, 9.17) is 16.3 Å². The van der Waals surface area contributed by atoms with Gasteiger partial charge in [0.25, 0.3) is 0 Å². The molecule has 172 valence electrons. The molecular weight excluding hydrogens is 468 g/mol. The van der Waals surface area contributed by atoms with Gasteiger partial charge < -0.3 is 10.1 Å². The number of halogens is 1. The zero-order chi connectivity index (χ0) is 22.7. The second kappa shape index (κ2) is 10.0. The van der Waals surface area contributed by atoms with Gasteiger partial charge in [0.2, 0.25) is 5.91 Å². The molecule has 1 unspecified atom stereocenters. The summed E-state index contributed by atoms with van der Waals surface area (Å²) in [5.74, 6) is 0.897. The number of rotatable bonds is 7. The lowest BCUT2D eigenvalue weighted by Crippen LogP contribution is -2.47. The van der Waals surface area contributed by atoms with Crippen LogP contribution in [0.3, 0.4) is 0 Å². The number of thioether (sulfide) groups is 1. The van der Waals surface area contributed by atoms with Crippen molar-refractivity contribution in [2.24, 2.45) is 0 Å². The highest BCUT2D eigenvalue weighted by molar-refractivity contribution is 8.00. The van der Waals surface area contributed by atoms with Crippen molar-refractivity contribution in [3.8, 4) is 5.75 Å². The molecule has 0 spiro atoms. The smallest absolute Gasteiger partial charge is 0.237 e. The summed E-state index contributed by atoms with van der Waals surface area (Å²) in [6.07, 6.45) is 1.18. The maximum Gasteiger partial charge on any atom is 0.237 e. The molecule has 2 saturated heterocycles. The molecule has 1 N–H and O–H groups in total. The fourth-order valence-electron chi connectivity index (χ4n) is 4.32. The lowest BCUT2D eigenvalue weighted by Gasteiger charge is -2.25. The van der Waals surface area contributed by atoms with Crippen LogP contribution < -0.4 is 10.1 Å². The second-order valence-corrected chi connectivity index (χ2v) is 12.4. The standard InChI is InChI=1S/C23H27ClN2O4S2/c1-30-19-5-7-20(8-6-19)31-21-12-22(23(27)25-18-9-10-32(28,29)15-18)26(14-21)13-16-3-2-4-17(24)11-16/h2-8,11,18,21-22H,9-10,12-15H2,1H3,(H,25,27)/t18?,21-,22+/m1/s1. The molecule has 2 aliphatic rings. The van der Waals surface area contributed by atoms with Crippen LogP contribution in [0.4, 0.5) is 0 Å². The van der Waals surface area contributed by atoms with Crippen LogP contribution in [0.2, 0.25) is 5.02 Å². The minimum Gasteiger partial charge on any atom is -0.497 e. The first-order chi connectivity index (χ1) is 15.3. The van der Waals surface area contributed by atoms with E-state index in [1.54, 1.807) is 18.9 Å². The molecule has 1 amide bonds. The molecule has 0 bridgehead atoms. The van der Waals surface area contributed by atoms with Crippen LogP contribution >= 0.6 is 23.4 Å². The van der Waals surface area contributed by atoms with Gasteiger partial charge >= 0.3 is 0 Å². The van der Waals surface area contributed by atoms with E-state index in [1.165, 1.54) is 0 Å². The molecule has 0 aliphatic carbocycles. The van der Waals surface area contributed by atoms with Crippen molar-refractivity contribution in [1.82, 2.24) is 10.2 Å². The Kier molecular flexibility index (Phi) is 7.34. The monoisotopic (exact) mass is 494 g/mol. The van der Waals surface area contributed by atoms with Gasteiger partial charge in [0.15, 0.2) is 9.84 Å². The second-order valence-electron chi connectivity index (χ2n) is 8.33. The average molecular weight is 495 g/mol. The zero-order valence-corrected chi connectivity index (χ0v) is 20.3. The van der Waals surface area contributed by atoms with Crippen LogP contribution in [0, 0.1) is 0 Å². The third-order valence-corrected chi connectivity index (χ3v) is 9.11. The Morgan fingerprint density at radius 2 is 2.03 bits per heavy atom. The zero-order valence-electron chi connectivity index (χ0n) is 17.9. The summed E-state index contributed by atoms with van der Waals surface area (Å²) in [5, 5.41) is 3.90. The first-order valence-electron chi connectivity index (χ1n) is 10.6. The predicted octanol–water partition coefficient (Wildman–Crippen LogP) is 3.39. The number of benzene rings is 2. The Bertz CT molecular complexity index is 1060. The first-order valence-corrected chi connectivity index (χ1v) is 13.7. The van der Waals surface area contributed by atoms with Crippen molar-refractivity contribution in [2.75, 3.05) is 25.2 Å². The molecule has 32 heavy (non-hydrogen) atoms. The molecule has 3 atom stereocenters. The van der Waals surface area contributed by atoms with Crippen molar-refractivity contribution < 1.29 is 17.9 Å². The summed E-state index contributed by atoms with van der Waals surface area (Å²) in [6.45, 7) is 1.37. The van der Waals surface area contributed by atoms with E-state index in [9.17, 15) is 13.2 Å². The highest BCUT2D eigenvalue weighted by atomic mass is 35.5. The number of carbonyl (C=O) groups is 1. The van der Waals surface area contributed by atoms with Crippen molar-refractivity contribution in [2.45, 2.75) is 41.6 Å². The van der Waals surface area contributed by atoms with Crippen LogP contribution in [-0.4, -0.2) is 61.7 Å². The molecule has 2 aromatic rings. The van der Waals surface area contributed by atoms with Gasteiger partial charge in [-0.1, -0.05) is 23.7 Å². The lowest BCUT2D eigenvalue weighted by atomic mass is 10.1. The SMILES string of the molecule is COc1ccc(S[C@@H]2C[C@@H](C(=O)NC3CCS(=O)(=O)C3)N(Cc3cccc(Cl)c3)C2)cc1. The van der Waals surface area contributed by atoms with Gasteiger partial charge in [-0.2, -0.15) is 0 Å². The fraction of sp³-hybridized carbons (Fsp3) is 0.435. The maximum absolute atomic E-state index is 13.2. The molecular formula is C23H27ClN2O4S2. The van der Waals surface area contributed by atoms with Gasteiger partial charge in [0.1, 0.15) is 5.75 Å². The van der Waals surface area contributed by atoms with Crippen LogP contribution in [0.25, 0.3) is 0 Å². The Labute approximate surface area is 198 Å². The number of likely N-dealkylation sites (tertiary alicyclic amines) is 1. The molecule has 4 rings (SSSR count). The van der Waals surface area contributed by atoms with E-state index in [0.717, 1.165) is 22.8 Å². The van der Waals surface area contributed by atoms with Crippen molar-refractivity contribution in [3.63, 3.8) is 0 Å². The summed E-state index contributed by atoms with van der Waals surface area (Å²) < 4.78 is 28.8. The Balaban J connectivity index is 1.47. The van der Waals surface area contributed by atoms with Crippen LogP contribution in [0.15, 0.2) is 53.4 Å². The number of ether oxygens (including phenoxy) is 1. The number of nitrogens with zero attached hydrogens (tertiary/aromatic N) is 1. The van der Waals surface area contributed by atoms with E-state index in [2.05, 4.69) is 10.2 Å². The minimum absolute atomic E-state index is 0.0315. The maximum atomic E-state index is 13.2. The molecule has 2 heterocycles. The normalized spacial score (nSPS) is 25.0. The molecule has 0 radical (unpaired) electrons. The molecule has 9 heteroatoms. The summed E-state index contributed by atoms with van der Waals surface area (Å²) in [5.41, 5.74) is 1.05. The summed E-state index contributed by atoms with van der Waals surface area (Å²) >= 11 is 7.91. The van der Waals surface area contributed by atoms with Gasteiger partial charge in [0, 0.05) is 34.3 Å². The van der Waals surface area contributed by atoms with E-state index in [-0.39, 0.29) is 34.7 Å². The minimum atomic E-state index is -3.05. The van der Waals surface area contributed by atoms with E-state index < -0.39 is 9.84 Å². The third kappa shape index (κ3) is 5.98. The molecule has 6 nitrogen and oxygen atoms in total. The van der Waals surface area contributed by atoms with Crippen molar-refractivity contribution in [3.05, 3.63) is 59.1 Å². The Hall–Kier alpha value is -1.74. The summed E-state index contributed by atoms with van der Waals surface area (Å²) in [7, 11) is -1.40. The number of hydrogen-bond donors (Lipinski definition) is 1. The number of nitrogens with one attached hydrogen (secondary N) is 1. The predicted molar refractivity (Wildman–Crippen MR) is 128 cm³/mol. The van der Waals surface area contributed by atoms with Gasteiger partial charge in [-0.05, 0) is 54.8 Å². The van der Waals surface area contributed by atoms with Gasteiger partial charge in [-0.15, -0.1) is 11.8 Å². The lowest BCUT2D eigenvalue weighted by molar-refractivity contribution is -0.126. The Morgan fingerprint density at radius 3 is 2.69 bits per heavy atom. The number of carbonyl (C=O) groups excluding carboxylic acids is 1. The van der Waals surface area contributed by atoms with Gasteiger partial charge in [-0.25, -0.2) is 8.42 Å². The van der Waals surface area contributed by atoms with Gasteiger partial charge in [0.05, 0.1) is 24.7 Å². The molecule has 2 fully saturated rings. The Morgan fingerprint density at radius 1 is 1.25 bits per heavy atom. The third-order valence-electron chi connectivity index (χ3n) is 5.88. The largest absolute Gasteiger partial charge is 0.497 e.